The molecule has 2 atom stereocenters. The van der Waals surface area contributed by atoms with E-state index in [0.717, 1.165) is 38.9 Å². The highest BCUT2D eigenvalue weighted by Crippen LogP contribution is 2.19. The lowest BCUT2D eigenvalue weighted by Gasteiger charge is -2.33. The van der Waals surface area contributed by atoms with Gasteiger partial charge in [0, 0.05) is 31.2 Å². The zero-order valence-corrected chi connectivity index (χ0v) is 13.2. The van der Waals surface area contributed by atoms with Crippen molar-refractivity contribution in [2.45, 2.75) is 31.8 Å². The Morgan fingerprint density at radius 1 is 1.30 bits per heavy atom. The van der Waals surface area contributed by atoms with Gasteiger partial charge >= 0.3 is 0 Å². The quantitative estimate of drug-likeness (QED) is 0.886. The molecule has 1 aromatic carbocycles. The van der Waals surface area contributed by atoms with Gasteiger partial charge in [0.1, 0.15) is 11.6 Å². The third kappa shape index (κ3) is 4.06. The van der Waals surface area contributed by atoms with Crippen LogP contribution in [0.3, 0.4) is 0 Å². The van der Waals surface area contributed by atoms with Crippen molar-refractivity contribution in [3.63, 3.8) is 0 Å². The smallest absolute Gasteiger partial charge is 0.224 e. The van der Waals surface area contributed by atoms with Gasteiger partial charge in [-0.15, -0.1) is 0 Å². The van der Waals surface area contributed by atoms with Crippen LogP contribution < -0.4 is 10.6 Å². The molecule has 2 heterocycles. The van der Waals surface area contributed by atoms with Crippen LogP contribution in [0.2, 0.25) is 0 Å². The van der Waals surface area contributed by atoms with Gasteiger partial charge in [0.15, 0.2) is 0 Å². The van der Waals surface area contributed by atoms with Gasteiger partial charge in [-0.2, -0.15) is 0 Å². The minimum Gasteiger partial charge on any atom is -0.352 e. The molecule has 0 saturated carbocycles. The molecule has 4 nitrogen and oxygen atoms in total. The maximum Gasteiger partial charge on any atom is 0.224 e. The lowest BCUT2D eigenvalue weighted by atomic mass is 10.0. The Labute approximate surface area is 135 Å². The number of piperidine rings is 1. The van der Waals surface area contributed by atoms with E-state index in [0.29, 0.717) is 6.54 Å². The molecule has 2 saturated heterocycles. The number of halogens is 2. The van der Waals surface area contributed by atoms with E-state index in [1.54, 1.807) is 0 Å². The predicted molar refractivity (Wildman–Crippen MR) is 83.8 cm³/mol. The summed E-state index contributed by atoms with van der Waals surface area (Å²) in [5, 5.41) is 6.29. The number of benzene rings is 1. The zero-order chi connectivity index (χ0) is 16.2. The van der Waals surface area contributed by atoms with Crippen LogP contribution in [-0.4, -0.2) is 43.0 Å². The molecule has 126 valence electrons. The fourth-order valence-corrected chi connectivity index (χ4v) is 3.42. The summed E-state index contributed by atoms with van der Waals surface area (Å²) in [5.74, 6) is -0.866. The molecule has 0 unspecified atom stereocenters. The molecule has 1 aromatic rings. The summed E-state index contributed by atoms with van der Waals surface area (Å²) in [6.07, 6.45) is 2.72. The Balaban J connectivity index is 1.56. The SMILES string of the molecule is O=C(N[C@H]1CCCN(Cc2c(F)cccc2F)C1)[C@@H]1CCNC1. The zero-order valence-electron chi connectivity index (χ0n) is 13.2. The average Bonchev–Trinajstić information content (AvgIpc) is 3.06. The number of hydrogen-bond donors (Lipinski definition) is 2. The summed E-state index contributed by atoms with van der Waals surface area (Å²) in [7, 11) is 0. The molecular weight excluding hydrogens is 300 g/mol. The fourth-order valence-electron chi connectivity index (χ4n) is 3.42. The van der Waals surface area contributed by atoms with Crippen molar-refractivity contribution in [2.24, 2.45) is 5.92 Å². The van der Waals surface area contributed by atoms with Gasteiger partial charge in [-0.1, -0.05) is 6.07 Å². The molecule has 3 rings (SSSR count). The highest BCUT2D eigenvalue weighted by molar-refractivity contribution is 5.79. The Bertz CT molecular complexity index is 541. The van der Waals surface area contributed by atoms with Crippen molar-refractivity contribution in [1.82, 2.24) is 15.5 Å². The number of nitrogens with zero attached hydrogens (tertiary/aromatic N) is 1. The third-order valence-electron chi connectivity index (χ3n) is 4.73. The Morgan fingerprint density at radius 3 is 2.78 bits per heavy atom. The third-order valence-corrected chi connectivity index (χ3v) is 4.73. The summed E-state index contributed by atoms with van der Waals surface area (Å²) in [6.45, 7) is 3.31. The molecule has 2 fully saturated rings. The van der Waals surface area contributed by atoms with Gasteiger partial charge in [-0.05, 0) is 44.5 Å². The van der Waals surface area contributed by atoms with Gasteiger partial charge in [0.05, 0.1) is 5.92 Å². The maximum atomic E-state index is 13.8. The van der Waals surface area contributed by atoms with Crippen LogP contribution in [-0.2, 0) is 11.3 Å². The van der Waals surface area contributed by atoms with Crippen LogP contribution in [0.4, 0.5) is 8.78 Å². The molecule has 23 heavy (non-hydrogen) atoms. The van der Waals surface area contributed by atoms with Crippen molar-refractivity contribution in [3.05, 3.63) is 35.4 Å². The summed E-state index contributed by atoms with van der Waals surface area (Å²) >= 11 is 0. The summed E-state index contributed by atoms with van der Waals surface area (Å²) in [6, 6.07) is 4.01. The van der Waals surface area contributed by atoms with Gasteiger partial charge in [-0.3, -0.25) is 9.69 Å². The molecule has 0 aliphatic carbocycles. The van der Waals surface area contributed by atoms with Crippen LogP contribution in [0.25, 0.3) is 0 Å². The Kier molecular flexibility index (Phi) is 5.23. The van der Waals surface area contributed by atoms with E-state index in [9.17, 15) is 13.6 Å². The van der Waals surface area contributed by atoms with Crippen LogP contribution in [0.1, 0.15) is 24.8 Å². The summed E-state index contributed by atoms with van der Waals surface area (Å²) in [5.41, 5.74) is 0.111. The Morgan fingerprint density at radius 2 is 2.09 bits per heavy atom. The Hall–Kier alpha value is -1.53. The first-order valence-corrected chi connectivity index (χ1v) is 8.30. The molecule has 0 radical (unpaired) electrons. The standard InChI is InChI=1S/C17H23F2N3O/c18-15-4-1-5-16(19)14(15)11-22-8-2-3-13(10-22)21-17(23)12-6-7-20-9-12/h1,4-5,12-13,20H,2-3,6-11H2,(H,21,23)/t12-,13+/m1/s1. The van der Waals surface area contributed by atoms with E-state index in [4.69, 9.17) is 0 Å². The van der Waals surface area contributed by atoms with E-state index in [1.807, 2.05) is 4.90 Å². The van der Waals surface area contributed by atoms with Crippen molar-refractivity contribution in [1.29, 1.82) is 0 Å². The highest BCUT2D eigenvalue weighted by Gasteiger charge is 2.27. The van der Waals surface area contributed by atoms with E-state index < -0.39 is 11.6 Å². The topological polar surface area (TPSA) is 44.4 Å². The first-order chi connectivity index (χ1) is 11.1. The highest BCUT2D eigenvalue weighted by atomic mass is 19.1. The van der Waals surface area contributed by atoms with E-state index in [1.165, 1.54) is 18.2 Å². The maximum absolute atomic E-state index is 13.8. The number of hydrogen-bond acceptors (Lipinski definition) is 3. The monoisotopic (exact) mass is 323 g/mol. The minimum atomic E-state index is -0.506. The van der Waals surface area contributed by atoms with Crippen molar-refractivity contribution >= 4 is 5.91 Å². The molecule has 6 heteroatoms. The fraction of sp³-hybridized carbons (Fsp3) is 0.588. The number of nitrogens with one attached hydrogen (secondary N) is 2. The van der Waals surface area contributed by atoms with Crippen LogP contribution in [0, 0.1) is 17.6 Å². The van der Waals surface area contributed by atoms with Crippen LogP contribution in [0.5, 0.6) is 0 Å². The van der Waals surface area contributed by atoms with Crippen LogP contribution >= 0.6 is 0 Å². The second-order valence-corrected chi connectivity index (χ2v) is 6.47. The predicted octanol–water partition coefficient (Wildman–Crippen LogP) is 1.65. The van der Waals surface area contributed by atoms with E-state index in [2.05, 4.69) is 10.6 Å². The number of carbonyl (C=O) groups is 1. The molecule has 0 spiro atoms. The number of carbonyl (C=O) groups excluding carboxylic acids is 1. The van der Waals surface area contributed by atoms with E-state index in [-0.39, 0.29) is 30.0 Å². The van der Waals surface area contributed by atoms with E-state index >= 15 is 0 Å². The van der Waals surface area contributed by atoms with Crippen LogP contribution in [0.15, 0.2) is 18.2 Å². The van der Waals surface area contributed by atoms with Gasteiger partial charge < -0.3 is 10.6 Å². The molecule has 2 N–H and O–H groups in total. The summed E-state index contributed by atoms with van der Waals surface area (Å²) in [4.78, 5) is 14.2. The minimum absolute atomic E-state index is 0.0504. The second-order valence-electron chi connectivity index (χ2n) is 6.47. The van der Waals surface area contributed by atoms with Crippen molar-refractivity contribution in [2.75, 3.05) is 26.2 Å². The number of likely N-dealkylation sites (tertiary alicyclic amines) is 1. The largest absolute Gasteiger partial charge is 0.352 e. The van der Waals surface area contributed by atoms with Crippen molar-refractivity contribution < 1.29 is 13.6 Å². The van der Waals surface area contributed by atoms with Crippen molar-refractivity contribution in [3.8, 4) is 0 Å². The molecular formula is C17H23F2N3O. The first kappa shape index (κ1) is 16.3. The molecule has 0 aromatic heterocycles. The van der Waals surface area contributed by atoms with Gasteiger partial charge in [0.2, 0.25) is 5.91 Å². The number of rotatable bonds is 4. The normalized spacial score (nSPS) is 25.5. The number of amides is 1. The lowest BCUT2D eigenvalue weighted by molar-refractivity contribution is -0.125. The van der Waals surface area contributed by atoms with Gasteiger partial charge in [0.25, 0.3) is 0 Å². The molecule has 1 amide bonds. The average molecular weight is 323 g/mol. The molecule has 2 aliphatic rings. The molecule has 2 aliphatic heterocycles. The first-order valence-electron chi connectivity index (χ1n) is 8.30. The second kappa shape index (κ2) is 7.36. The van der Waals surface area contributed by atoms with Gasteiger partial charge in [-0.25, -0.2) is 8.78 Å². The lowest BCUT2D eigenvalue weighted by Crippen LogP contribution is -2.49. The summed E-state index contributed by atoms with van der Waals surface area (Å²) < 4.78 is 27.5. The molecule has 0 bridgehead atoms.